The zero-order valence-corrected chi connectivity index (χ0v) is 17.9. The molecule has 1 aromatic carbocycles. The van der Waals surface area contributed by atoms with E-state index in [-0.39, 0.29) is 34.4 Å². The first kappa shape index (κ1) is 22.6. The van der Waals surface area contributed by atoms with Crippen molar-refractivity contribution >= 4 is 17.8 Å². The van der Waals surface area contributed by atoms with E-state index in [1.165, 1.54) is 12.4 Å². The first-order valence-corrected chi connectivity index (χ1v) is 10.2. The van der Waals surface area contributed by atoms with Crippen LogP contribution in [0.25, 0.3) is 11.3 Å². The van der Waals surface area contributed by atoms with Crippen LogP contribution in [0.15, 0.2) is 30.6 Å². The van der Waals surface area contributed by atoms with Crippen LogP contribution in [-0.4, -0.2) is 45.9 Å². The summed E-state index contributed by atoms with van der Waals surface area (Å²) in [5.74, 6) is -1.05. The third kappa shape index (κ3) is 6.70. The predicted octanol–water partition coefficient (Wildman–Crippen LogP) is 3.97. The minimum absolute atomic E-state index is 0.0406. The zero-order valence-electron chi connectivity index (χ0n) is 17.9. The van der Waals surface area contributed by atoms with Gasteiger partial charge < -0.3 is 10.2 Å². The molecule has 2 aromatic rings. The Bertz CT molecular complexity index is 916. The number of carbonyl (C=O) groups is 2. The van der Waals surface area contributed by atoms with Gasteiger partial charge in [-0.3, -0.25) is 15.1 Å². The maximum Gasteiger partial charge on any atom is 0.320 e. The molecule has 1 aliphatic rings. The summed E-state index contributed by atoms with van der Waals surface area (Å²) in [6, 6.07) is 2.64. The maximum absolute atomic E-state index is 13.4. The largest absolute Gasteiger partial charge is 0.343 e. The van der Waals surface area contributed by atoms with E-state index in [0.29, 0.717) is 32.4 Å². The van der Waals surface area contributed by atoms with E-state index in [0.717, 1.165) is 18.2 Å². The van der Waals surface area contributed by atoms with Crippen LogP contribution in [0.3, 0.4) is 0 Å². The molecule has 1 saturated heterocycles. The number of anilines is 1. The molecule has 0 atom stereocenters. The summed E-state index contributed by atoms with van der Waals surface area (Å²) >= 11 is 0. The Morgan fingerprint density at radius 1 is 1.06 bits per heavy atom. The van der Waals surface area contributed by atoms with Crippen LogP contribution in [-0.2, 0) is 4.79 Å². The van der Waals surface area contributed by atoms with Crippen LogP contribution >= 0.6 is 0 Å². The molecule has 7 nitrogen and oxygen atoms in total. The van der Waals surface area contributed by atoms with Crippen molar-refractivity contribution in [2.45, 2.75) is 46.1 Å². The van der Waals surface area contributed by atoms with E-state index in [2.05, 4.69) is 20.6 Å². The minimum Gasteiger partial charge on any atom is -0.343 e. The van der Waals surface area contributed by atoms with E-state index in [1.54, 1.807) is 0 Å². The standard InChI is InChI=1S/C22H27F2N5O2/c1-22(2,3)11-20(30)29-6-4-17(5-7-29)27-21(31)28-19-13-25-18(12-26-19)14-8-15(23)10-16(24)9-14/h8-10,12-13,17H,4-7,11H2,1-3H3,(H2,26,27,28,31). The lowest BCUT2D eigenvalue weighted by atomic mass is 9.91. The predicted molar refractivity (Wildman–Crippen MR) is 113 cm³/mol. The molecule has 0 saturated carbocycles. The molecule has 2 heterocycles. The molecule has 0 spiro atoms. The number of amides is 3. The molecule has 1 aliphatic heterocycles. The summed E-state index contributed by atoms with van der Waals surface area (Å²) in [4.78, 5) is 34.6. The number of rotatable bonds is 4. The van der Waals surface area contributed by atoms with Crippen molar-refractivity contribution in [3.05, 3.63) is 42.2 Å². The number of benzene rings is 1. The fraction of sp³-hybridized carbons (Fsp3) is 0.455. The molecule has 1 aromatic heterocycles. The van der Waals surface area contributed by atoms with Gasteiger partial charge in [0.1, 0.15) is 11.6 Å². The Morgan fingerprint density at radius 2 is 1.71 bits per heavy atom. The van der Waals surface area contributed by atoms with Gasteiger partial charge in [-0.1, -0.05) is 20.8 Å². The Hall–Kier alpha value is -3.10. The number of nitrogens with zero attached hydrogens (tertiary/aromatic N) is 3. The van der Waals surface area contributed by atoms with Gasteiger partial charge in [0.15, 0.2) is 5.82 Å². The van der Waals surface area contributed by atoms with Crippen molar-refractivity contribution in [3.8, 4) is 11.3 Å². The maximum atomic E-state index is 13.4. The Kier molecular flexibility index (Phi) is 6.82. The van der Waals surface area contributed by atoms with Gasteiger partial charge in [0.25, 0.3) is 0 Å². The average Bonchev–Trinajstić information content (AvgIpc) is 2.67. The first-order chi connectivity index (χ1) is 14.6. The topological polar surface area (TPSA) is 87.2 Å². The van der Waals surface area contributed by atoms with Gasteiger partial charge in [0.05, 0.1) is 18.1 Å². The Balaban J connectivity index is 1.48. The number of carbonyl (C=O) groups excluding carboxylic acids is 2. The second kappa shape index (κ2) is 9.36. The summed E-state index contributed by atoms with van der Waals surface area (Å²) in [5, 5.41) is 5.48. The summed E-state index contributed by atoms with van der Waals surface area (Å²) in [7, 11) is 0. The van der Waals surface area contributed by atoms with Crippen LogP contribution in [0.5, 0.6) is 0 Å². The zero-order chi connectivity index (χ0) is 22.6. The third-order valence-electron chi connectivity index (χ3n) is 4.92. The van der Waals surface area contributed by atoms with Crippen LogP contribution in [0.1, 0.15) is 40.0 Å². The number of hydrogen-bond acceptors (Lipinski definition) is 4. The smallest absolute Gasteiger partial charge is 0.320 e. The molecule has 3 amide bonds. The Morgan fingerprint density at radius 3 is 2.26 bits per heavy atom. The monoisotopic (exact) mass is 431 g/mol. The van der Waals surface area contributed by atoms with Gasteiger partial charge in [-0.2, -0.15) is 0 Å². The molecule has 1 fully saturated rings. The summed E-state index contributed by atoms with van der Waals surface area (Å²) in [5.41, 5.74) is 0.497. The molecule has 0 radical (unpaired) electrons. The molecule has 2 N–H and O–H groups in total. The SMILES string of the molecule is CC(C)(C)CC(=O)N1CCC(NC(=O)Nc2cnc(-c3cc(F)cc(F)c3)cn2)CC1. The summed E-state index contributed by atoms with van der Waals surface area (Å²) in [6.07, 6.45) is 4.52. The number of urea groups is 1. The van der Waals surface area contributed by atoms with Gasteiger partial charge >= 0.3 is 6.03 Å². The average molecular weight is 431 g/mol. The van der Waals surface area contributed by atoms with Crippen molar-refractivity contribution in [2.75, 3.05) is 18.4 Å². The van der Waals surface area contributed by atoms with Crippen molar-refractivity contribution in [1.29, 1.82) is 0 Å². The molecule has 0 bridgehead atoms. The van der Waals surface area contributed by atoms with Gasteiger partial charge in [-0.25, -0.2) is 18.6 Å². The number of likely N-dealkylation sites (tertiary alicyclic amines) is 1. The van der Waals surface area contributed by atoms with Crippen molar-refractivity contribution < 1.29 is 18.4 Å². The van der Waals surface area contributed by atoms with Gasteiger partial charge in [-0.15, -0.1) is 0 Å². The van der Waals surface area contributed by atoms with Crippen LogP contribution < -0.4 is 10.6 Å². The highest BCUT2D eigenvalue weighted by molar-refractivity contribution is 5.88. The molecule has 31 heavy (non-hydrogen) atoms. The van der Waals surface area contributed by atoms with Gasteiger partial charge in [0, 0.05) is 37.2 Å². The fourth-order valence-electron chi connectivity index (χ4n) is 3.42. The molecular weight excluding hydrogens is 404 g/mol. The first-order valence-electron chi connectivity index (χ1n) is 10.2. The summed E-state index contributed by atoms with van der Waals surface area (Å²) in [6.45, 7) is 7.33. The number of hydrogen-bond donors (Lipinski definition) is 2. The third-order valence-corrected chi connectivity index (χ3v) is 4.92. The molecule has 3 rings (SSSR count). The lowest BCUT2D eigenvalue weighted by Crippen LogP contribution is -2.48. The van der Waals surface area contributed by atoms with Gasteiger partial charge in [-0.05, 0) is 30.4 Å². The van der Waals surface area contributed by atoms with Crippen molar-refractivity contribution in [3.63, 3.8) is 0 Å². The molecule has 9 heteroatoms. The lowest BCUT2D eigenvalue weighted by Gasteiger charge is -2.34. The Labute approximate surface area is 180 Å². The van der Waals surface area contributed by atoms with Crippen LogP contribution in [0.2, 0.25) is 0 Å². The van der Waals surface area contributed by atoms with Crippen molar-refractivity contribution in [1.82, 2.24) is 20.2 Å². The molecule has 166 valence electrons. The minimum atomic E-state index is -0.704. The van der Waals surface area contributed by atoms with E-state index in [9.17, 15) is 18.4 Å². The van der Waals surface area contributed by atoms with Crippen molar-refractivity contribution in [2.24, 2.45) is 5.41 Å². The lowest BCUT2D eigenvalue weighted by molar-refractivity contribution is -0.134. The van der Waals surface area contributed by atoms with E-state index >= 15 is 0 Å². The van der Waals surface area contributed by atoms with E-state index in [1.807, 2.05) is 25.7 Å². The van der Waals surface area contributed by atoms with E-state index < -0.39 is 17.7 Å². The number of nitrogens with one attached hydrogen (secondary N) is 2. The molecule has 0 aliphatic carbocycles. The van der Waals surface area contributed by atoms with Crippen LogP contribution in [0.4, 0.5) is 19.4 Å². The second-order valence-electron chi connectivity index (χ2n) is 8.94. The molecule has 0 unspecified atom stereocenters. The summed E-state index contributed by atoms with van der Waals surface area (Å²) < 4.78 is 26.7. The number of halogens is 2. The molecular formula is C22H27F2N5O2. The van der Waals surface area contributed by atoms with Gasteiger partial charge in [0.2, 0.25) is 5.91 Å². The highest BCUT2D eigenvalue weighted by Crippen LogP contribution is 2.22. The normalized spacial score (nSPS) is 14.9. The van der Waals surface area contributed by atoms with E-state index in [4.69, 9.17) is 0 Å². The number of aromatic nitrogens is 2. The van der Waals surface area contributed by atoms with Crippen LogP contribution in [0, 0.1) is 17.0 Å². The highest BCUT2D eigenvalue weighted by Gasteiger charge is 2.26. The highest BCUT2D eigenvalue weighted by atomic mass is 19.1. The second-order valence-corrected chi connectivity index (χ2v) is 8.94. The number of piperidine rings is 1. The fourth-order valence-corrected chi connectivity index (χ4v) is 3.42. The quantitative estimate of drug-likeness (QED) is 0.767.